The van der Waals surface area contributed by atoms with Crippen molar-refractivity contribution in [2.45, 2.75) is 13.5 Å². The highest BCUT2D eigenvalue weighted by atomic mass is 32.2. The number of hydrogen-bond donors (Lipinski definition) is 2. The van der Waals surface area contributed by atoms with E-state index in [1.54, 1.807) is 21.3 Å². The number of piperazine rings is 1. The molecule has 30 heavy (non-hydrogen) atoms. The van der Waals surface area contributed by atoms with Gasteiger partial charge in [-0.25, -0.2) is 13.6 Å². The van der Waals surface area contributed by atoms with Gasteiger partial charge in [-0.2, -0.15) is 0 Å². The average Bonchev–Trinajstić information content (AvgIpc) is 2.72. The second-order valence-electron chi connectivity index (χ2n) is 6.90. The Morgan fingerprint density at radius 1 is 1.10 bits per heavy atom. The summed E-state index contributed by atoms with van der Waals surface area (Å²) in [5.74, 6) is 2.42. The lowest BCUT2D eigenvalue weighted by Gasteiger charge is -2.36. The van der Waals surface area contributed by atoms with Gasteiger partial charge in [-0.3, -0.25) is 9.89 Å². The van der Waals surface area contributed by atoms with Crippen LogP contribution >= 0.6 is 0 Å². The molecule has 1 heterocycles. The van der Waals surface area contributed by atoms with E-state index >= 15 is 0 Å². The minimum atomic E-state index is -3.52. The van der Waals surface area contributed by atoms with Gasteiger partial charge in [0.2, 0.25) is 15.8 Å². The molecule has 10 nitrogen and oxygen atoms in total. The Morgan fingerprint density at radius 2 is 1.70 bits per heavy atom. The topological polar surface area (TPSA) is 119 Å². The molecular weight excluding hydrogens is 410 g/mol. The number of benzene rings is 1. The maximum Gasteiger partial charge on any atom is 0.210 e. The fourth-order valence-corrected chi connectivity index (χ4v) is 3.65. The molecule has 1 aliphatic heterocycles. The highest BCUT2D eigenvalue weighted by molar-refractivity contribution is 7.89. The van der Waals surface area contributed by atoms with Gasteiger partial charge in [-0.1, -0.05) is 0 Å². The smallest absolute Gasteiger partial charge is 0.210 e. The third kappa shape index (κ3) is 6.92. The van der Waals surface area contributed by atoms with Crippen LogP contribution in [0.1, 0.15) is 12.5 Å². The van der Waals surface area contributed by atoms with E-state index in [9.17, 15) is 8.42 Å². The summed E-state index contributed by atoms with van der Waals surface area (Å²) in [4.78, 5) is 8.88. The van der Waals surface area contributed by atoms with Crippen LogP contribution in [0, 0.1) is 0 Å². The molecule has 0 aromatic heterocycles. The number of methoxy groups -OCH3 is 3. The molecular formula is C19H33N5O5S. The van der Waals surface area contributed by atoms with Crippen LogP contribution in [0.3, 0.4) is 0 Å². The molecule has 2 rings (SSSR count). The molecule has 3 N–H and O–H groups in total. The van der Waals surface area contributed by atoms with Crippen molar-refractivity contribution in [1.82, 2.24) is 15.1 Å². The van der Waals surface area contributed by atoms with E-state index in [0.717, 1.165) is 38.3 Å². The number of rotatable bonds is 9. The standard InChI is InChI=1S/C19H33N5O5S/c1-5-21-19(22-6-11-30(20,25)26)24-9-7-23(8-10-24)14-15-12-16(27-2)18(29-4)17(13-15)28-3/h12-13H,5-11,14H2,1-4H3,(H,21,22)(H2,20,25,26). The van der Waals surface area contributed by atoms with Crippen molar-refractivity contribution in [1.29, 1.82) is 0 Å². The zero-order valence-electron chi connectivity index (χ0n) is 18.2. The molecule has 0 radical (unpaired) electrons. The van der Waals surface area contributed by atoms with Gasteiger partial charge in [0.25, 0.3) is 0 Å². The number of aliphatic imine (C=N–C) groups is 1. The van der Waals surface area contributed by atoms with E-state index in [1.807, 2.05) is 19.1 Å². The third-order valence-corrected chi connectivity index (χ3v) is 5.53. The Bertz CT molecular complexity index is 798. The molecule has 0 amide bonds. The van der Waals surface area contributed by atoms with Crippen molar-refractivity contribution < 1.29 is 22.6 Å². The minimum absolute atomic E-state index is 0.146. The lowest BCUT2D eigenvalue weighted by Crippen LogP contribution is -2.52. The molecule has 11 heteroatoms. The molecule has 1 aromatic rings. The maximum absolute atomic E-state index is 11.1. The minimum Gasteiger partial charge on any atom is -0.493 e. The molecule has 1 aromatic carbocycles. The predicted molar refractivity (Wildman–Crippen MR) is 117 cm³/mol. The van der Waals surface area contributed by atoms with Crippen LogP contribution in [0.25, 0.3) is 0 Å². The molecule has 0 aliphatic carbocycles. The number of primary sulfonamides is 1. The van der Waals surface area contributed by atoms with Crippen LogP contribution in [0.15, 0.2) is 17.1 Å². The third-order valence-electron chi connectivity index (χ3n) is 4.77. The number of sulfonamides is 1. The van der Waals surface area contributed by atoms with Gasteiger partial charge in [-0.05, 0) is 24.6 Å². The van der Waals surface area contributed by atoms with Crippen LogP contribution in [-0.2, 0) is 16.6 Å². The second-order valence-corrected chi connectivity index (χ2v) is 8.63. The van der Waals surface area contributed by atoms with Crippen LogP contribution in [-0.4, -0.2) is 90.5 Å². The van der Waals surface area contributed by atoms with Crippen molar-refractivity contribution in [3.63, 3.8) is 0 Å². The zero-order valence-corrected chi connectivity index (χ0v) is 19.0. The van der Waals surface area contributed by atoms with Gasteiger partial charge in [0, 0.05) is 39.3 Å². The van der Waals surface area contributed by atoms with E-state index in [4.69, 9.17) is 19.3 Å². The Morgan fingerprint density at radius 3 is 2.17 bits per heavy atom. The quantitative estimate of drug-likeness (QED) is 0.407. The zero-order chi connectivity index (χ0) is 22.1. The summed E-state index contributed by atoms with van der Waals surface area (Å²) in [7, 11) is 1.29. The van der Waals surface area contributed by atoms with Gasteiger partial charge in [-0.15, -0.1) is 0 Å². The van der Waals surface area contributed by atoms with Crippen LogP contribution in [0.2, 0.25) is 0 Å². The SMILES string of the molecule is CCNC(=NCCS(N)(=O)=O)N1CCN(Cc2cc(OC)c(OC)c(OC)c2)CC1. The van der Waals surface area contributed by atoms with Crippen molar-refractivity contribution in [2.75, 3.05) is 66.4 Å². The normalized spacial score (nSPS) is 15.8. The highest BCUT2D eigenvalue weighted by Gasteiger charge is 2.21. The van der Waals surface area contributed by atoms with Gasteiger partial charge in [0.1, 0.15) is 0 Å². The first-order valence-corrected chi connectivity index (χ1v) is 11.6. The summed E-state index contributed by atoms with van der Waals surface area (Å²) >= 11 is 0. The lowest BCUT2D eigenvalue weighted by atomic mass is 10.1. The Hall–Kier alpha value is -2.24. The molecule has 170 valence electrons. The van der Waals surface area contributed by atoms with Crippen molar-refractivity contribution >= 4 is 16.0 Å². The number of nitrogens with zero attached hydrogens (tertiary/aromatic N) is 3. The first-order valence-electron chi connectivity index (χ1n) is 9.86. The Kier molecular flexibility index (Phi) is 9.00. The summed E-state index contributed by atoms with van der Waals surface area (Å²) < 4.78 is 38.5. The fraction of sp³-hybridized carbons (Fsp3) is 0.632. The van der Waals surface area contributed by atoms with Gasteiger partial charge in [0.15, 0.2) is 17.5 Å². The van der Waals surface area contributed by atoms with Crippen molar-refractivity contribution in [3.8, 4) is 17.2 Å². The molecule has 1 aliphatic rings. The molecule has 1 saturated heterocycles. The second kappa shape index (κ2) is 11.2. The summed E-state index contributed by atoms with van der Waals surface area (Å²) in [5, 5.41) is 8.28. The van der Waals surface area contributed by atoms with Crippen LogP contribution in [0.5, 0.6) is 17.2 Å². The summed E-state index contributed by atoms with van der Waals surface area (Å²) in [6, 6.07) is 3.93. The fourth-order valence-electron chi connectivity index (χ4n) is 3.31. The summed E-state index contributed by atoms with van der Waals surface area (Å²) in [6.45, 7) is 6.84. The van der Waals surface area contributed by atoms with E-state index in [2.05, 4.69) is 20.1 Å². The Labute approximate surface area is 179 Å². The Balaban J connectivity index is 2.00. The summed E-state index contributed by atoms with van der Waals surface area (Å²) in [5.41, 5.74) is 1.08. The molecule has 0 unspecified atom stereocenters. The number of hydrogen-bond acceptors (Lipinski definition) is 7. The van der Waals surface area contributed by atoms with E-state index in [1.165, 1.54) is 0 Å². The number of ether oxygens (including phenoxy) is 3. The van der Waals surface area contributed by atoms with Crippen molar-refractivity contribution in [3.05, 3.63) is 17.7 Å². The molecule has 0 atom stereocenters. The van der Waals surface area contributed by atoms with Gasteiger partial charge in [0.05, 0.1) is 33.6 Å². The number of guanidine groups is 1. The lowest BCUT2D eigenvalue weighted by molar-refractivity contribution is 0.172. The predicted octanol–water partition coefficient (Wildman–Crippen LogP) is 0.0840. The molecule has 0 bridgehead atoms. The summed E-state index contributed by atoms with van der Waals surface area (Å²) in [6.07, 6.45) is 0. The van der Waals surface area contributed by atoms with Gasteiger partial charge >= 0.3 is 0 Å². The maximum atomic E-state index is 11.1. The highest BCUT2D eigenvalue weighted by Crippen LogP contribution is 2.38. The first kappa shape index (κ1) is 24.0. The van der Waals surface area contributed by atoms with Crippen molar-refractivity contribution in [2.24, 2.45) is 10.1 Å². The van der Waals surface area contributed by atoms with Gasteiger partial charge < -0.3 is 24.4 Å². The molecule has 0 spiro atoms. The van der Waals surface area contributed by atoms with Crippen LogP contribution in [0.4, 0.5) is 0 Å². The largest absolute Gasteiger partial charge is 0.493 e. The first-order chi connectivity index (χ1) is 14.3. The van der Waals surface area contributed by atoms with Crippen LogP contribution < -0.4 is 24.7 Å². The number of nitrogens with one attached hydrogen (secondary N) is 1. The number of nitrogens with two attached hydrogens (primary N) is 1. The monoisotopic (exact) mass is 443 g/mol. The van der Waals surface area contributed by atoms with E-state index in [-0.39, 0.29) is 12.3 Å². The van der Waals surface area contributed by atoms with E-state index < -0.39 is 10.0 Å². The molecule has 0 saturated carbocycles. The molecule has 1 fully saturated rings. The average molecular weight is 444 g/mol. The van der Waals surface area contributed by atoms with E-state index in [0.29, 0.717) is 29.8 Å².